The molecule has 3 aromatic rings. The van der Waals surface area contributed by atoms with Crippen LogP contribution in [0.1, 0.15) is 37.0 Å². The Balaban J connectivity index is 1.61. The summed E-state index contributed by atoms with van der Waals surface area (Å²) < 4.78 is 33.0. The molecule has 7 nitrogen and oxygen atoms in total. The second-order valence-corrected chi connectivity index (χ2v) is 9.12. The molecule has 0 bridgehead atoms. The standard InChI is InChI=1S/C24H26N2O5S/c1-3-4-15-31-24(28)19-9-12-21(13-10-19)25-23(27)17(2)26-32(29,30)22-14-11-18-7-5-6-8-20(18)16-22/h5-14,16-17,26H,3-4,15H2,1-2H3,(H,25,27)/t17-/m1/s1. The fourth-order valence-electron chi connectivity index (χ4n) is 3.02. The summed E-state index contributed by atoms with van der Waals surface area (Å²) in [6.07, 6.45) is 1.73. The van der Waals surface area contributed by atoms with Gasteiger partial charge in [0.15, 0.2) is 0 Å². The van der Waals surface area contributed by atoms with Crippen LogP contribution in [0.5, 0.6) is 0 Å². The Bertz CT molecular complexity index is 1210. The molecule has 0 saturated heterocycles. The Morgan fingerprint density at radius 2 is 1.66 bits per heavy atom. The summed E-state index contributed by atoms with van der Waals surface area (Å²) in [5.74, 6) is -0.944. The van der Waals surface area contributed by atoms with Crippen molar-refractivity contribution in [1.29, 1.82) is 0 Å². The summed E-state index contributed by atoms with van der Waals surface area (Å²) in [5.41, 5.74) is 0.820. The first kappa shape index (κ1) is 23.4. The van der Waals surface area contributed by atoms with E-state index in [1.54, 1.807) is 36.4 Å². The number of fused-ring (bicyclic) bond motifs is 1. The van der Waals surface area contributed by atoms with Crippen LogP contribution >= 0.6 is 0 Å². The first-order valence-electron chi connectivity index (χ1n) is 10.4. The van der Waals surface area contributed by atoms with E-state index in [2.05, 4.69) is 10.0 Å². The van der Waals surface area contributed by atoms with Gasteiger partial charge in [-0.2, -0.15) is 4.72 Å². The van der Waals surface area contributed by atoms with Crippen LogP contribution in [0.3, 0.4) is 0 Å². The minimum Gasteiger partial charge on any atom is -0.462 e. The molecule has 1 atom stereocenters. The Labute approximate surface area is 187 Å². The zero-order chi connectivity index (χ0) is 23.1. The van der Waals surface area contributed by atoms with E-state index in [0.717, 1.165) is 23.6 Å². The van der Waals surface area contributed by atoms with Crippen molar-refractivity contribution in [1.82, 2.24) is 4.72 Å². The number of ether oxygens (including phenoxy) is 1. The van der Waals surface area contributed by atoms with E-state index in [4.69, 9.17) is 4.74 Å². The lowest BCUT2D eigenvalue weighted by Crippen LogP contribution is -2.41. The maximum absolute atomic E-state index is 12.7. The molecule has 0 aliphatic heterocycles. The Kier molecular flexibility index (Phi) is 7.61. The molecular weight excluding hydrogens is 428 g/mol. The molecule has 8 heteroatoms. The van der Waals surface area contributed by atoms with Gasteiger partial charge in [0.1, 0.15) is 0 Å². The molecule has 32 heavy (non-hydrogen) atoms. The Morgan fingerprint density at radius 1 is 0.969 bits per heavy atom. The van der Waals surface area contributed by atoms with Crippen LogP contribution in [0.15, 0.2) is 71.6 Å². The summed E-state index contributed by atoms with van der Waals surface area (Å²) in [6.45, 7) is 3.84. The van der Waals surface area contributed by atoms with Crippen LogP contribution in [-0.2, 0) is 19.6 Å². The molecule has 0 heterocycles. The highest BCUT2D eigenvalue weighted by Gasteiger charge is 2.22. The molecule has 0 spiro atoms. The molecule has 2 N–H and O–H groups in total. The fraction of sp³-hybridized carbons (Fsp3) is 0.250. The third-order valence-corrected chi connectivity index (χ3v) is 6.41. The van der Waals surface area contributed by atoms with E-state index in [1.807, 2.05) is 31.2 Å². The van der Waals surface area contributed by atoms with Gasteiger partial charge >= 0.3 is 5.97 Å². The van der Waals surface area contributed by atoms with Gasteiger partial charge in [-0.1, -0.05) is 43.7 Å². The second kappa shape index (κ2) is 10.4. The number of hydrogen-bond acceptors (Lipinski definition) is 5. The van der Waals surface area contributed by atoms with E-state index in [0.29, 0.717) is 17.9 Å². The molecule has 0 aliphatic rings. The van der Waals surface area contributed by atoms with Gasteiger partial charge in [0, 0.05) is 5.69 Å². The quantitative estimate of drug-likeness (QED) is 0.374. The Hall–Kier alpha value is -3.23. The number of sulfonamides is 1. The van der Waals surface area contributed by atoms with Gasteiger partial charge in [-0.3, -0.25) is 4.79 Å². The fourth-order valence-corrected chi connectivity index (χ4v) is 4.26. The predicted molar refractivity (Wildman–Crippen MR) is 124 cm³/mol. The predicted octanol–water partition coefficient (Wildman–Crippen LogP) is 4.10. The normalized spacial score (nSPS) is 12.3. The van der Waals surface area contributed by atoms with Crippen LogP contribution in [0.25, 0.3) is 10.8 Å². The lowest BCUT2D eigenvalue weighted by atomic mass is 10.1. The van der Waals surface area contributed by atoms with E-state index in [9.17, 15) is 18.0 Å². The zero-order valence-corrected chi connectivity index (χ0v) is 18.8. The number of rotatable bonds is 9. The molecule has 0 unspecified atom stereocenters. The van der Waals surface area contributed by atoms with Gasteiger partial charge in [-0.25, -0.2) is 13.2 Å². The molecular formula is C24H26N2O5S. The van der Waals surface area contributed by atoms with Crippen molar-refractivity contribution >= 4 is 38.4 Å². The number of nitrogens with one attached hydrogen (secondary N) is 2. The zero-order valence-electron chi connectivity index (χ0n) is 18.0. The monoisotopic (exact) mass is 454 g/mol. The summed E-state index contributed by atoms with van der Waals surface area (Å²) in [7, 11) is -3.89. The highest BCUT2D eigenvalue weighted by atomic mass is 32.2. The van der Waals surface area contributed by atoms with Crippen molar-refractivity contribution in [3.05, 3.63) is 72.3 Å². The molecule has 3 rings (SSSR count). The van der Waals surface area contributed by atoms with Gasteiger partial charge in [-0.05, 0) is 60.5 Å². The lowest BCUT2D eigenvalue weighted by Gasteiger charge is -2.15. The summed E-state index contributed by atoms with van der Waals surface area (Å²) >= 11 is 0. The second-order valence-electron chi connectivity index (χ2n) is 7.41. The van der Waals surface area contributed by atoms with Crippen LogP contribution in [0, 0.1) is 0 Å². The summed E-state index contributed by atoms with van der Waals surface area (Å²) in [4.78, 5) is 24.5. The molecule has 1 amide bonds. The van der Waals surface area contributed by atoms with Gasteiger partial charge in [0.05, 0.1) is 23.1 Å². The number of carbonyl (C=O) groups is 2. The highest BCUT2D eigenvalue weighted by Crippen LogP contribution is 2.19. The van der Waals surface area contributed by atoms with E-state index in [1.165, 1.54) is 13.0 Å². The molecule has 3 aromatic carbocycles. The topological polar surface area (TPSA) is 102 Å². The number of anilines is 1. The van der Waals surface area contributed by atoms with E-state index < -0.39 is 27.9 Å². The molecule has 0 saturated carbocycles. The van der Waals surface area contributed by atoms with Crippen molar-refractivity contribution in [3.63, 3.8) is 0 Å². The van der Waals surface area contributed by atoms with Crippen LogP contribution in [0.2, 0.25) is 0 Å². The Morgan fingerprint density at radius 3 is 2.34 bits per heavy atom. The van der Waals surface area contributed by atoms with Crippen LogP contribution in [0.4, 0.5) is 5.69 Å². The maximum Gasteiger partial charge on any atom is 0.338 e. The molecule has 0 fully saturated rings. The van der Waals surface area contributed by atoms with Crippen molar-refractivity contribution in [2.75, 3.05) is 11.9 Å². The van der Waals surface area contributed by atoms with Gasteiger partial charge in [0.2, 0.25) is 15.9 Å². The summed E-state index contributed by atoms with van der Waals surface area (Å²) in [6, 6.07) is 17.5. The third-order valence-electron chi connectivity index (χ3n) is 4.88. The van der Waals surface area contributed by atoms with Crippen molar-refractivity contribution in [2.24, 2.45) is 0 Å². The minimum absolute atomic E-state index is 0.0850. The molecule has 168 valence electrons. The number of carbonyl (C=O) groups excluding carboxylic acids is 2. The van der Waals surface area contributed by atoms with Gasteiger partial charge in [-0.15, -0.1) is 0 Å². The lowest BCUT2D eigenvalue weighted by molar-refractivity contribution is -0.117. The number of hydrogen-bond donors (Lipinski definition) is 2. The SMILES string of the molecule is CCCCOC(=O)c1ccc(NC(=O)[C@@H](C)NS(=O)(=O)c2ccc3ccccc3c2)cc1. The largest absolute Gasteiger partial charge is 0.462 e. The van der Waals surface area contributed by atoms with Crippen LogP contribution < -0.4 is 10.0 Å². The molecule has 0 aromatic heterocycles. The average Bonchev–Trinajstić information content (AvgIpc) is 2.79. The van der Waals surface area contributed by atoms with Crippen LogP contribution in [-0.4, -0.2) is 32.9 Å². The number of unbranched alkanes of at least 4 members (excludes halogenated alkanes) is 1. The smallest absolute Gasteiger partial charge is 0.338 e. The van der Waals surface area contributed by atoms with Gasteiger partial charge in [0.25, 0.3) is 0 Å². The van der Waals surface area contributed by atoms with E-state index in [-0.39, 0.29) is 4.90 Å². The maximum atomic E-state index is 12.7. The number of benzene rings is 3. The molecule has 0 aliphatic carbocycles. The number of esters is 1. The first-order chi connectivity index (χ1) is 15.3. The van der Waals surface area contributed by atoms with Gasteiger partial charge < -0.3 is 10.1 Å². The minimum atomic E-state index is -3.89. The number of amides is 1. The first-order valence-corrected chi connectivity index (χ1v) is 11.9. The van der Waals surface area contributed by atoms with E-state index >= 15 is 0 Å². The highest BCUT2D eigenvalue weighted by molar-refractivity contribution is 7.89. The molecule has 0 radical (unpaired) electrons. The van der Waals surface area contributed by atoms with Crippen molar-refractivity contribution in [2.45, 2.75) is 37.6 Å². The average molecular weight is 455 g/mol. The third kappa shape index (κ3) is 5.93. The van der Waals surface area contributed by atoms with Crippen molar-refractivity contribution < 1.29 is 22.7 Å². The summed E-state index contributed by atoms with van der Waals surface area (Å²) in [5, 5.41) is 4.36. The van der Waals surface area contributed by atoms with Crippen molar-refractivity contribution in [3.8, 4) is 0 Å².